The van der Waals surface area contributed by atoms with Gasteiger partial charge in [-0.15, -0.1) is 0 Å². The summed E-state index contributed by atoms with van der Waals surface area (Å²) in [4.78, 5) is 8.18. The zero-order chi connectivity index (χ0) is 10.5. The topological polar surface area (TPSA) is 66.5 Å². The molecule has 0 spiro atoms. The second-order valence-corrected chi connectivity index (χ2v) is 3.18. The van der Waals surface area contributed by atoms with Crippen molar-refractivity contribution in [1.29, 1.82) is 0 Å². The Morgan fingerprint density at radius 1 is 1.40 bits per heavy atom. The summed E-state index contributed by atoms with van der Waals surface area (Å²) in [5.41, 5.74) is 1.68. The van der Waals surface area contributed by atoms with Gasteiger partial charge in [0.2, 0.25) is 0 Å². The number of hydrogen-bond acceptors (Lipinski definition) is 4. The van der Waals surface area contributed by atoms with Gasteiger partial charge in [0.15, 0.2) is 0 Å². The molecule has 2 aromatic heterocycles. The van der Waals surface area contributed by atoms with E-state index in [-0.39, 0.29) is 0 Å². The number of hydrogen-bond donors (Lipinski definition) is 2. The fourth-order valence-corrected chi connectivity index (χ4v) is 1.23. The maximum Gasteiger partial charge on any atom is 0.148 e. The SMILES string of the molecule is CCCNc1cc(-c2cnccn2)[nH]n1. The van der Waals surface area contributed by atoms with Crippen LogP contribution in [-0.4, -0.2) is 26.7 Å². The van der Waals surface area contributed by atoms with E-state index in [9.17, 15) is 0 Å². The standard InChI is InChI=1S/C10H13N5/c1-2-3-13-10-6-8(14-15-10)9-7-11-4-5-12-9/h4-7H,2-3H2,1H3,(H2,13,14,15). The Labute approximate surface area is 88.0 Å². The summed E-state index contributed by atoms with van der Waals surface area (Å²) in [5, 5.41) is 10.2. The van der Waals surface area contributed by atoms with Gasteiger partial charge in [0.25, 0.3) is 0 Å². The second kappa shape index (κ2) is 4.54. The van der Waals surface area contributed by atoms with Crippen molar-refractivity contribution in [1.82, 2.24) is 20.2 Å². The molecule has 0 amide bonds. The molecule has 0 radical (unpaired) electrons. The number of nitrogens with one attached hydrogen (secondary N) is 2. The molecule has 5 nitrogen and oxygen atoms in total. The zero-order valence-electron chi connectivity index (χ0n) is 8.57. The lowest BCUT2D eigenvalue weighted by molar-refractivity contribution is 0.961. The van der Waals surface area contributed by atoms with Gasteiger partial charge in [-0.3, -0.25) is 15.1 Å². The fraction of sp³-hybridized carbons (Fsp3) is 0.300. The van der Waals surface area contributed by atoms with E-state index in [0.29, 0.717) is 0 Å². The first-order valence-corrected chi connectivity index (χ1v) is 4.96. The molecule has 0 unspecified atom stereocenters. The van der Waals surface area contributed by atoms with Crippen molar-refractivity contribution in [2.45, 2.75) is 13.3 Å². The van der Waals surface area contributed by atoms with Crippen molar-refractivity contribution in [3.05, 3.63) is 24.7 Å². The monoisotopic (exact) mass is 203 g/mol. The van der Waals surface area contributed by atoms with Crippen LogP contribution in [0.4, 0.5) is 5.82 Å². The summed E-state index contributed by atoms with van der Waals surface area (Å²) < 4.78 is 0. The molecule has 5 heteroatoms. The molecule has 2 N–H and O–H groups in total. The number of anilines is 1. The highest BCUT2D eigenvalue weighted by Gasteiger charge is 2.03. The van der Waals surface area contributed by atoms with Crippen LogP contribution >= 0.6 is 0 Å². The van der Waals surface area contributed by atoms with Crippen molar-refractivity contribution in [3.8, 4) is 11.4 Å². The summed E-state index contributed by atoms with van der Waals surface area (Å²) in [7, 11) is 0. The summed E-state index contributed by atoms with van der Waals surface area (Å²) >= 11 is 0. The molecule has 2 heterocycles. The Morgan fingerprint density at radius 2 is 2.33 bits per heavy atom. The van der Waals surface area contributed by atoms with Gasteiger partial charge in [0, 0.05) is 25.0 Å². The summed E-state index contributed by atoms with van der Waals surface area (Å²) in [6, 6.07) is 1.93. The molecule has 0 saturated carbocycles. The maximum atomic E-state index is 4.18. The normalized spacial score (nSPS) is 10.2. The first kappa shape index (κ1) is 9.64. The third-order valence-electron chi connectivity index (χ3n) is 1.97. The zero-order valence-corrected chi connectivity index (χ0v) is 8.57. The fourth-order valence-electron chi connectivity index (χ4n) is 1.23. The van der Waals surface area contributed by atoms with Crippen molar-refractivity contribution >= 4 is 5.82 Å². The van der Waals surface area contributed by atoms with Crippen molar-refractivity contribution in [2.24, 2.45) is 0 Å². The van der Waals surface area contributed by atoms with Gasteiger partial charge >= 0.3 is 0 Å². The highest BCUT2D eigenvalue weighted by atomic mass is 15.2. The van der Waals surface area contributed by atoms with Crippen LogP contribution in [0.25, 0.3) is 11.4 Å². The quantitative estimate of drug-likeness (QED) is 0.793. The Bertz CT molecular complexity index is 409. The first-order valence-electron chi connectivity index (χ1n) is 4.96. The third kappa shape index (κ3) is 2.31. The Kier molecular flexibility index (Phi) is 2.92. The Morgan fingerprint density at radius 3 is 3.07 bits per heavy atom. The summed E-state index contributed by atoms with van der Waals surface area (Å²) in [5.74, 6) is 0.845. The van der Waals surface area contributed by atoms with Crippen LogP contribution in [0, 0.1) is 0 Å². The van der Waals surface area contributed by atoms with Gasteiger partial charge in [0.05, 0.1) is 11.9 Å². The third-order valence-corrected chi connectivity index (χ3v) is 1.97. The van der Waals surface area contributed by atoms with Crippen LogP contribution in [-0.2, 0) is 0 Å². The molecular weight excluding hydrogens is 190 g/mol. The largest absolute Gasteiger partial charge is 0.369 e. The summed E-state index contributed by atoms with van der Waals surface area (Å²) in [6.45, 7) is 3.04. The number of aromatic amines is 1. The lowest BCUT2D eigenvalue weighted by Crippen LogP contribution is -1.99. The van der Waals surface area contributed by atoms with E-state index in [1.807, 2.05) is 6.07 Å². The average molecular weight is 203 g/mol. The molecule has 0 saturated heterocycles. The molecule has 2 aromatic rings. The smallest absolute Gasteiger partial charge is 0.148 e. The number of aromatic nitrogens is 4. The highest BCUT2D eigenvalue weighted by Crippen LogP contribution is 2.15. The minimum atomic E-state index is 0.801. The Balaban J connectivity index is 2.14. The van der Waals surface area contributed by atoms with Crippen LogP contribution in [0.5, 0.6) is 0 Å². The van der Waals surface area contributed by atoms with Crippen LogP contribution in [0.1, 0.15) is 13.3 Å². The molecule has 78 valence electrons. The van der Waals surface area contributed by atoms with E-state index in [4.69, 9.17) is 0 Å². The van der Waals surface area contributed by atoms with E-state index in [0.717, 1.165) is 30.2 Å². The van der Waals surface area contributed by atoms with E-state index in [1.54, 1.807) is 18.6 Å². The molecule has 2 rings (SSSR count). The molecule has 0 bridgehead atoms. The molecule has 0 fully saturated rings. The van der Waals surface area contributed by atoms with Gasteiger partial charge in [-0.2, -0.15) is 5.10 Å². The van der Waals surface area contributed by atoms with Crippen LogP contribution in [0.2, 0.25) is 0 Å². The lowest BCUT2D eigenvalue weighted by Gasteiger charge is -1.96. The van der Waals surface area contributed by atoms with E-state index in [2.05, 4.69) is 32.4 Å². The first-order chi connectivity index (χ1) is 7.40. The predicted octanol–water partition coefficient (Wildman–Crippen LogP) is 1.69. The van der Waals surface area contributed by atoms with E-state index >= 15 is 0 Å². The molecule has 0 aliphatic rings. The second-order valence-electron chi connectivity index (χ2n) is 3.18. The van der Waals surface area contributed by atoms with Crippen molar-refractivity contribution in [3.63, 3.8) is 0 Å². The number of rotatable bonds is 4. The molecule has 0 aliphatic heterocycles. The van der Waals surface area contributed by atoms with Crippen LogP contribution in [0.15, 0.2) is 24.7 Å². The maximum absolute atomic E-state index is 4.18. The molecule has 0 aliphatic carbocycles. The minimum Gasteiger partial charge on any atom is -0.369 e. The van der Waals surface area contributed by atoms with Crippen molar-refractivity contribution in [2.75, 3.05) is 11.9 Å². The number of H-pyrrole nitrogens is 1. The minimum absolute atomic E-state index is 0.801. The lowest BCUT2D eigenvalue weighted by atomic mass is 10.3. The van der Waals surface area contributed by atoms with Gasteiger partial charge in [-0.05, 0) is 6.42 Å². The Hall–Kier alpha value is -1.91. The van der Waals surface area contributed by atoms with Gasteiger partial charge in [-0.25, -0.2) is 0 Å². The van der Waals surface area contributed by atoms with Gasteiger partial charge in [-0.1, -0.05) is 6.92 Å². The molecule has 0 aromatic carbocycles. The average Bonchev–Trinajstić information content (AvgIpc) is 2.76. The van der Waals surface area contributed by atoms with Crippen LogP contribution in [0.3, 0.4) is 0 Å². The van der Waals surface area contributed by atoms with E-state index < -0.39 is 0 Å². The molecular formula is C10H13N5. The highest BCUT2D eigenvalue weighted by molar-refractivity contribution is 5.57. The van der Waals surface area contributed by atoms with E-state index in [1.165, 1.54) is 0 Å². The summed E-state index contributed by atoms with van der Waals surface area (Å²) in [6.07, 6.45) is 6.09. The molecule has 15 heavy (non-hydrogen) atoms. The van der Waals surface area contributed by atoms with Gasteiger partial charge < -0.3 is 5.32 Å². The molecule has 0 atom stereocenters. The van der Waals surface area contributed by atoms with Crippen LogP contribution < -0.4 is 5.32 Å². The predicted molar refractivity (Wildman–Crippen MR) is 58.4 cm³/mol. The number of nitrogens with zero attached hydrogens (tertiary/aromatic N) is 3. The van der Waals surface area contributed by atoms with Gasteiger partial charge in [0.1, 0.15) is 11.5 Å². The van der Waals surface area contributed by atoms with Crippen molar-refractivity contribution < 1.29 is 0 Å².